The van der Waals surface area contributed by atoms with Crippen LogP contribution < -0.4 is 0 Å². The molecule has 2 heteroatoms. The molecule has 1 fully saturated rings. The molecule has 0 amide bonds. The molecule has 0 spiro atoms. The van der Waals surface area contributed by atoms with Crippen LogP contribution in [0.3, 0.4) is 0 Å². The number of ether oxygens (including phenoxy) is 1. The molecule has 1 aliphatic heterocycles. The molecule has 0 aromatic carbocycles. The Balaban J connectivity index is 2.40. The summed E-state index contributed by atoms with van der Waals surface area (Å²) in [5.41, 5.74) is 0. The minimum Gasteiger partial charge on any atom is -0.379 e. The summed E-state index contributed by atoms with van der Waals surface area (Å²) in [6.07, 6.45) is 5.62. The number of allylic oxidation sites excluding steroid dienone is 1. The third kappa shape index (κ3) is 2.61. The number of hydrogen-bond donors (Lipinski definition) is 0. The van der Waals surface area contributed by atoms with Crippen LogP contribution in [0.15, 0.2) is 12.2 Å². The van der Waals surface area contributed by atoms with Crippen molar-refractivity contribution in [3.63, 3.8) is 0 Å². The van der Waals surface area contributed by atoms with Gasteiger partial charge in [0, 0.05) is 19.1 Å². The Labute approximate surface area is 75.2 Å². The minimum absolute atomic E-state index is 0.624. The lowest BCUT2D eigenvalue weighted by molar-refractivity contribution is 0.0250. The third-order valence-electron chi connectivity index (χ3n) is 2.35. The van der Waals surface area contributed by atoms with Gasteiger partial charge in [-0.25, -0.2) is 0 Å². The average molecular weight is 169 g/mol. The van der Waals surface area contributed by atoms with Crippen molar-refractivity contribution < 1.29 is 4.74 Å². The molecular weight excluding hydrogens is 150 g/mol. The molecule has 70 valence electrons. The Bertz CT molecular complexity index is 139. The SMILES string of the molecule is C/C=C/C(CC)N1CCOCC1. The summed E-state index contributed by atoms with van der Waals surface area (Å²) < 4.78 is 5.31. The summed E-state index contributed by atoms with van der Waals surface area (Å²) in [5, 5.41) is 0. The maximum absolute atomic E-state index is 5.31. The molecule has 0 saturated carbocycles. The molecule has 12 heavy (non-hydrogen) atoms. The topological polar surface area (TPSA) is 12.5 Å². The van der Waals surface area contributed by atoms with Crippen molar-refractivity contribution >= 4 is 0 Å². The van der Waals surface area contributed by atoms with Crippen molar-refractivity contribution in [2.75, 3.05) is 26.3 Å². The van der Waals surface area contributed by atoms with Gasteiger partial charge in [0.15, 0.2) is 0 Å². The zero-order valence-corrected chi connectivity index (χ0v) is 8.12. The fourth-order valence-corrected chi connectivity index (χ4v) is 1.65. The minimum atomic E-state index is 0.624. The maximum atomic E-state index is 5.31. The highest BCUT2D eigenvalue weighted by Gasteiger charge is 2.16. The van der Waals surface area contributed by atoms with Crippen LogP contribution in [-0.4, -0.2) is 37.2 Å². The third-order valence-corrected chi connectivity index (χ3v) is 2.35. The van der Waals surface area contributed by atoms with Gasteiger partial charge in [0.05, 0.1) is 13.2 Å². The molecule has 1 unspecified atom stereocenters. The molecule has 1 saturated heterocycles. The van der Waals surface area contributed by atoms with Crippen molar-refractivity contribution in [3.05, 3.63) is 12.2 Å². The summed E-state index contributed by atoms with van der Waals surface area (Å²) in [7, 11) is 0. The van der Waals surface area contributed by atoms with Crippen LogP contribution >= 0.6 is 0 Å². The van der Waals surface area contributed by atoms with E-state index in [2.05, 4.69) is 30.9 Å². The quantitative estimate of drug-likeness (QED) is 0.596. The largest absolute Gasteiger partial charge is 0.379 e. The average Bonchev–Trinajstić information content (AvgIpc) is 2.15. The lowest BCUT2D eigenvalue weighted by atomic mass is 10.1. The molecule has 0 aromatic rings. The highest BCUT2D eigenvalue weighted by atomic mass is 16.5. The molecule has 0 aromatic heterocycles. The molecule has 0 bridgehead atoms. The molecule has 1 atom stereocenters. The van der Waals surface area contributed by atoms with Gasteiger partial charge in [0.1, 0.15) is 0 Å². The van der Waals surface area contributed by atoms with E-state index in [1.54, 1.807) is 0 Å². The van der Waals surface area contributed by atoms with E-state index in [9.17, 15) is 0 Å². The predicted octanol–water partition coefficient (Wildman–Crippen LogP) is 1.67. The summed E-state index contributed by atoms with van der Waals surface area (Å²) in [5.74, 6) is 0. The molecule has 0 N–H and O–H groups in total. The van der Waals surface area contributed by atoms with E-state index in [0.29, 0.717) is 6.04 Å². The zero-order valence-electron chi connectivity index (χ0n) is 8.12. The predicted molar refractivity (Wildman–Crippen MR) is 51.3 cm³/mol. The summed E-state index contributed by atoms with van der Waals surface area (Å²) in [6.45, 7) is 8.29. The maximum Gasteiger partial charge on any atom is 0.0594 e. The Morgan fingerprint density at radius 3 is 2.58 bits per heavy atom. The van der Waals surface area contributed by atoms with Crippen LogP contribution in [0.1, 0.15) is 20.3 Å². The lowest BCUT2D eigenvalue weighted by Gasteiger charge is -2.32. The number of morpholine rings is 1. The van der Waals surface area contributed by atoms with Crippen molar-refractivity contribution in [1.82, 2.24) is 4.90 Å². The first-order chi connectivity index (χ1) is 5.88. The van der Waals surface area contributed by atoms with Gasteiger partial charge in [-0.1, -0.05) is 19.1 Å². The van der Waals surface area contributed by atoms with E-state index in [4.69, 9.17) is 4.74 Å². The summed E-state index contributed by atoms with van der Waals surface area (Å²) in [6, 6.07) is 0.624. The molecule has 0 radical (unpaired) electrons. The van der Waals surface area contributed by atoms with Crippen molar-refractivity contribution in [1.29, 1.82) is 0 Å². The highest BCUT2D eigenvalue weighted by Crippen LogP contribution is 2.08. The van der Waals surface area contributed by atoms with Gasteiger partial charge in [-0.15, -0.1) is 0 Å². The van der Waals surface area contributed by atoms with Crippen LogP contribution in [0.2, 0.25) is 0 Å². The van der Waals surface area contributed by atoms with Gasteiger partial charge >= 0.3 is 0 Å². The monoisotopic (exact) mass is 169 g/mol. The Morgan fingerprint density at radius 1 is 1.42 bits per heavy atom. The van der Waals surface area contributed by atoms with E-state index in [1.807, 2.05) is 0 Å². The van der Waals surface area contributed by atoms with Crippen LogP contribution in [0, 0.1) is 0 Å². The van der Waals surface area contributed by atoms with Gasteiger partial charge in [0.2, 0.25) is 0 Å². The van der Waals surface area contributed by atoms with Crippen LogP contribution in [0.25, 0.3) is 0 Å². The fraction of sp³-hybridized carbons (Fsp3) is 0.800. The first-order valence-corrected chi connectivity index (χ1v) is 4.83. The molecule has 1 heterocycles. The van der Waals surface area contributed by atoms with Crippen LogP contribution in [0.4, 0.5) is 0 Å². The van der Waals surface area contributed by atoms with Gasteiger partial charge in [0.25, 0.3) is 0 Å². The first kappa shape index (κ1) is 9.75. The number of nitrogens with zero attached hydrogens (tertiary/aromatic N) is 1. The molecule has 0 aliphatic carbocycles. The second kappa shape index (κ2) is 5.33. The second-order valence-corrected chi connectivity index (χ2v) is 3.15. The van der Waals surface area contributed by atoms with Gasteiger partial charge in [-0.2, -0.15) is 0 Å². The van der Waals surface area contributed by atoms with Crippen molar-refractivity contribution in [2.45, 2.75) is 26.3 Å². The Hall–Kier alpha value is -0.340. The molecular formula is C10H19NO. The molecule has 2 nitrogen and oxygen atoms in total. The Morgan fingerprint density at radius 2 is 2.08 bits per heavy atom. The van der Waals surface area contributed by atoms with Crippen LogP contribution in [0.5, 0.6) is 0 Å². The summed E-state index contributed by atoms with van der Waals surface area (Å²) in [4.78, 5) is 2.49. The van der Waals surface area contributed by atoms with Crippen LogP contribution in [-0.2, 0) is 4.74 Å². The normalized spacial score (nSPS) is 23.2. The standard InChI is InChI=1S/C10H19NO/c1-3-5-10(4-2)11-6-8-12-9-7-11/h3,5,10H,4,6-9H2,1-2H3/b5-3+. The van der Waals surface area contributed by atoms with E-state index >= 15 is 0 Å². The van der Waals surface area contributed by atoms with Gasteiger partial charge in [-0.05, 0) is 13.3 Å². The zero-order chi connectivity index (χ0) is 8.81. The van der Waals surface area contributed by atoms with E-state index in [0.717, 1.165) is 26.3 Å². The smallest absolute Gasteiger partial charge is 0.0594 e. The van der Waals surface area contributed by atoms with E-state index < -0.39 is 0 Å². The Kier molecular flexibility index (Phi) is 4.33. The fourth-order valence-electron chi connectivity index (χ4n) is 1.65. The first-order valence-electron chi connectivity index (χ1n) is 4.83. The van der Waals surface area contributed by atoms with E-state index in [1.165, 1.54) is 6.42 Å². The van der Waals surface area contributed by atoms with Gasteiger partial charge in [-0.3, -0.25) is 4.90 Å². The van der Waals surface area contributed by atoms with Crippen molar-refractivity contribution in [2.24, 2.45) is 0 Å². The number of rotatable bonds is 3. The second-order valence-electron chi connectivity index (χ2n) is 3.15. The summed E-state index contributed by atoms with van der Waals surface area (Å²) >= 11 is 0. The molecule has 1 rings (SSSR count). The van der Waals surface area contributed by atoms with Crippen molar-refractivity contribution in [3.8, 4) is 0 Å². The highest BCUT2D eigenvalue weighted by molar-refractivity contribution is 4.92. The number of hydrogen-bond acceptors (Lipinski definition) is 2. The van der Waals surface area contributed by atoms with E-state index in [-0.39, 0.29) is 0 Å². The lowest BCUT2D eigenvalue weighted by Crippen LogP contribution is -2.42. The molecule has 1 aliphatic rings. The van der Waals surface area contributed by atoms with Gasteiger partial charge < -0.3 is 4.74 Å².